The van der Waals surface area contributed by atoms with Crippen LogP contribution in [0.2, 0.25) is 0 Å². The van der Waals surface area contributed by atoms with E-state index < -0.39 is 16.1 Å². The molecular weight excluding hydrogens is 394 g/mol. The summed E-state index contributed by atoms with van der Waals surface area (Å²) in [5, 5.41) is 2.55. The highest BCUT2D eigenvalue weighted by molar-refractivity contribution is 7.89. The Morgan fingerprint density at radius 2 is 1.62 bits per heavy atom. The van der Waals surface area contributed by atoms with E-state index in [1.807, 2.05) is 24.3 Å². The van der Waals surface area contributed by atoms with Gasteiger partial charge in [-0.2, -0.15) is 4.31 Å². The fourth-order valence-corrected chi connectivity index (χ4v) is 4.55. The van der Waals surface area contributed by atoms with E-state index in [2.05, 4.69) is 10.2 Å². The molecule has 0 bridgehead atoms. The Bertz CT molecular complexity index is 922. The molecule has 1 N–H and O–H groups in total. The van der Waals surface area contributed by atoms with Crippen molar-refractivity contribution < 1.29 is 22.7 Å². The van der Waals surface area contributed by atoms with E-state index in [4.69, 9.17) is 9.47 Å². The van der Waals surface area contributed by atoms with Crippen LogP contribution in [0.5, 0.6) is 5.75 Å². The largest absolute Gasteiger partial charge is 0.497 e. The first-order valence-corrected chi connectivity index (χ1v) is 10.8. The first-order chi connectivity index (χ1) is 13.9. The number of rotatable bonds is 6. The molecule has 29 heavy (non-hydrogen) atoms. The number of carbonyl (C=O) groups is 1. The molecule has 1 saturated heterocycles. The molecule has 0 saturated carbocycles. The Kier molecular flexibility index (Phi) is 6.60. The van der Waals surface area contributed by atoms with Crippen molar-refractivity contribution in [1.82, 2.24) is 4.31 Å². The van der Waals surface area contributed by atoms with Gasteiger partial charge in [-0.25, -0.2) is 13.2 Å². The minimum absolute atomic E-state index is 0.199. The molecule has 8 nitrogen and oxygen atoms in total. The van der Waals surface area contributed by atoms with Crippen molar-refractivity contribution in [2.24, 2.45) is 0 Å². The number of anilines is 2. The minimum atomic E-state index is -3.59. The van der Waals surface area contributed by atoms with E-state index >= 15 is 0 Å². The monoisotopic (exact) mass is 419 g/mol. The number of nitrogens with zero attached hydrogens (tertiary/aromatic N) is 2. The fraction of sp³-hybridized carbons (Fsp3) is 0.350. The topological polar surface area (TPSA) is 88.2 Å². The van der Waals surface area contributed by atoms with E-state index in [1.165, 1.54) is 16.4 Å². The zero-order valence-corrected chi connectivity index (χ0v) is 17.3. The highest BCUT2D eigenvalue weighted by Crippen LogP contribution is 2.24. The summed E-state index contributed by atoms with van der Waals surface area (Å²) in [6, 6.07) is 13.8. The van der Waals surface area contributed by atoms with Gasteiger partial charge >= 0.3 is 6.09 Å². The third kappa shape index (κ3) is 4.99. The Labute approximate surface area is 171 Å². The number of sulfonamides is 1. The van der Waals surface area contributed by atoms with E-state index in [-0.39, 0.29) is 11.5 Å². The van der Waals surface area contributed by atoms with Crippen LogP contribution in [-0.4, -0.2) is 58.7 Å². The summed E-state index contributed by atoms with van der Waals surface area (Å²) in [6.45, 7) is 3.99. The average Bonchev–Trinajstić information content (AvgIpc) is 2.74. The summed E-state index contributed by atoms with van der Waals surface area (Å²) >= 11 is 0. The SMILES string of the molecule is CCOC(=O)Nc1ccc(S(=O)(=O)N2CCN(c3ccc(OC)cc3)CC2)cc1. The lowest BCUT2D eigenvalue weighted by molar-refractivity contribution is 0.168. The molecule has 1 heterocycles. The number of hydrogen-bond acceptors (Lipinski definition) is 6. The maximum absolute atomic E-state index is 12.9. The quantitative estimate of drug-likeness (QED) is 0.775. The first-order valence-electron chi connectivity index (χ1n) is 9.37. The summed E-state index contributed by atoms with van der Waals surface area (Å²) in [6.07, 6.45) is -0.572. The number of hydrogen-bond donors (Lipinski definition) is 1. The molecule has 0 atom stereocenters. The number of carbonyl (C=O) groups excluding carboxylic acids is 1. The second kappa shape index (κ2) is 9.15. The molecule has 0 spiro atoms. The van der Waals surface area contributed by atoms with Crippen LogP contribution >= 0.6 is 0 Å². The lowest BCUT2D eigenvalue weighted by atomic mass is 10.2. The second-order valence-corrected chi connectivity index (χ2v) is 8.40. The summed E-state index contributed by atoms with van der Waals surface area (Å²) in [4.78, 5) is 13.8. The third-order valence-corrected chi connectivity index (χ3v) is 6.60. The van der Waals surface area contributed by atoms with Crippen LogP contribution in [0, 0.1) is 0 Å². The zero-order chi connectivity index (χ0) is 20.9. The molecule has 1 aliphatic rings. The number of methoxy groups -OCH3 is 1. The lowest BCUT2D eigenvalue weighted by Gasteiger charge is -2.35. The van der Waals surface area contributed by atoms with E-state index in [0.29, 0.717) is 31.9 Å². The maximum atomic E-state index is 12.9. The molecule has 1 aliphatic heterocycles. The van der Waals surface area contributed by atoms with Gasteiger partial charge in [-0.05, 0) is 55.5 Å². The molecule has 2 aromatic carbocycles. The van der Waals surface area contributed by atoms with Crippen molar-refractivity contribution in [1.29, 1.82) is 0 Å². The predicted octanol–water partition coefficient (Wildman–Crippen LogP) is 2.77. The molecule has 2 aromatic rings. The van der Waals surface area contributed by atoms with Gasteiger partial charge in [0.05, 0.1) is 18.6 Å². The van der Waals surface area contributed by atoms with Gasteiger partial charge in [0, 0.05) is 37.6 Å². The van der Waals surface area contributed by atoms with Gasteiger partial charge in [0.1, 0.15) is 5.75 Å². The van der Waals surface area contributed by atoms with Crippen molar-refractivity contribution in [2.75, 3.05) is 50.1 Å². The van der Waals surface area contributed by atoms with Crippen LogP contribution in [0.25, 0.3) is 0 Å². The van der Waals surface area contributed by atoms with Gasteiger partial charge in [-0.3, -0.25) is 5.32 Å². The molecule has 0 unspecified atom stereocenters. The van der Waals surface area contributed by atoms with E-state index in [1.54, 1.807) is 26.2 Å². The predicted molar refractivity (Wildman–Crippen MR) is 111 cm³/mol. The van der Waals surface area contributed by atoms with Crippen LogP contribution in [0.3, 0.4) is 0 Å². The highest BCUT2D eigenvalue weighted by Gasteiger charge is 2.28. The number of ether oxygens (including phenoxy) is 2. The molecule has 0 aliphatic carbocycles. The van der Waals surface area contributed by atoms with Gasteiger partial charge in [-0.1, -0.05) is 0 Å². The number of amides is 1. The third-order valence-electron chi connectivity index (χ3n) is 4.69. The number of benzene rings is 2. The molecule has 1 fully saturated rings. The van der Waals surface area contributed by atoms with Crippen LogP contribution in [0.4, 0.5) is 16.2 Å². The average molecular weight is 420 g/mol. The second-order valence-electron chi connectivity index (χ2n) is 6.46. The van der Waals surface area contributed by atoms with Crippen molar-refractivity contribution >= 4 is 27.5 Å². The van der Waals surface area contributed by atoms with Crippen molar-refractivity contribution in [3.05, 3.63) is 48.5 Å². The molecule has 0 aromatic heterocycles. The molecular formula is C20H25N3O5S. The number of piperazine rings is 1. The Morgan fingerprint density at radius 3 is 2.17 bits per heavy atom. The zero-order valence-electron chi connectivity index (χ0n) is 16.5. The molecule has 1 amide bonds. The summed E-state index contributed by atoms with van der Waals surface area (Å²) in [5.74, 6) is 0.788. The highest BCUT2D eigenvalue weighted by atomic mass is 32.2. The van der Waals surface area contributed by atoms with Gasteiger partial charge in [-0.15, -0.1) is 0 Å². The van der Waals surface area contributed by atoms with E-state index in [9.17, 15) is 13.2 Å². The van der Waals surface area contributed by atoms with Crippen LogP contribution in [0.15, 0.2) is 53.4 Å². The Morgan fingerprint density at radius 1 is 1.00 bits per heavy atom. The smallest absolute Gasteiger partial charge is 0.411 e. The molecule has 156 valence electrons. The normalized spacial score (nSPS) is 15.0. The molecule has 0 radical (unpaired) electrons. The summed E-state index contributed by atoms with van der Waals surface area (Å²) in [7, 11) is -1.97. The van der Waals surface area contributed by atoms with Crippen molar-refractivity contribution in [3.8, 4) is 5.75 Å². The van der Waals surface area contributed by atoms with Crippen LogP contribution in [0.1, 0.15) is 6.92 Å². The van der Waals surface area contributed by atoms with Gasteiger partial charge in [0.2, 0.25) is 10.0 Å². The van der Waals surface area contributed by atoms with Crippen molar-refractivity contribution in [3.63, 3.8) is 0 Å². The van der Waals surface area contributed by atoms with Gasteiger partial charge < -0.3 is 14.4 Å². The Hall–Kier alpha value is -2.78. The van der Waals surface area contributed by atoms with Gasteiger partial charge in [0.25, 0.3) is 0 Å². The number of nitrogens with one attached hydrogen (secondary N) is 1. The van der Waals surface area contributed by atoms with Crippen LogP contribution in [-0.2, 0) is 14.8 Å². The Balaban J connectivity index is 1.62. The van der Waals surface area contributed by atoms with Crippen LogP contribution < -0.4 is 15.0 Å². The maximum Gasteiger partial charge on any atom is 0.411 e. The first kappa shape index (κ1) is 20.9. The summed E-state index contributed by atoms with van der Waals surface area (Å²) in [5.41, 5.74) is 1.52. The van der Waals surface area contributed by atoms with Crippen molar-refractivity contribution in [2.45, 2.75) is 11.8 Å². The molecule has 3 rings (SSSR count). The molecule has 9 heteroatoms. The minimum Gasteiger partial charge on any atom is -0.497 e. The lowest BCUT2D eigenvalue weighted by Crippen LogP contribution is -2.48. The van der Waals surface area contributed by atoms with E-state index in [0.717, 1.165) is 11.4 Å². The summed E-state index contributed by atoms with van der Waals surface area (Å²) < 4.78 is 37.3. The fourth-order valence-electron chi connectivity index (χ4n) is 3.12. The van der Waals surface area contributed by atoms with Gasteiger partial charge in [0.15, 0.2) is 0 Å². The standard InChI is InChI=1S/C20H25N3O5S/c1-3-28-20(24)21-16-4-10-19(11-5-16)29(25,26)23-14-12-22(13-15-23)17-6-8-18(27-2)9-7-17/h4-11H,3,12-15H2,1-2H3,(H,21,24).